The summed E-state index contributed by atoms with van der Waals surface area (Å²) >= 11 is 0. The monoisotopic (exact) mass is 289 g/mol. The molecular formula is C15H19N3O3. The number of carbonyl (C=O) groups excluding carboxylic acids is 2. The van der Waals surface area contributed by atoms with Gasteiger partial charge in [-0.25, -0.2) is 5.84 Å². The molecule has 0 bridgehead atoms. The first kappa shape index (κ1) is 15.2. The van der Waals surface area contributed by atoms with E-state index in [-0.39, 0.29) is 13.2 Å². The molecule has 0 saturated heterocycles. The molecule has 6 heteroatoms. The van der Waals surface area contributed by atoms with Gasteiger partial charge in [-0.3, -0.25) is 14.6 Å². The summed E-state index contributed by atoms with van der Waals surface area (Å²) in [6, 6.07) is 9.88. The first-order valence-corrected chi connectivity index (χ1v) is 6.96. The van der Waals surface area contributed by atoms with Gasteiger partial charge in [0.15, 0.2) is 5.92 Å². The van der Waals surface area contributed by atoms with Crippen molar-refractivity contribution in [3.05, 3.63) is 35.9 Å². The number of carbonyl (C=O) groups is 2. The van der Waals surface area contributed by atoms with Gasteiger partial charge in [-0.15, -0.1) is 0 Å². The molecule has 1 aromatic carbocycles. The quantitative estimate of drug-likeness (QED) is 0.495. The van der Waals surface area contributed by atoms with E-state index in [9.17, 15) is 9.59 Å². The van der Waals surface area contributed by atoms with Crippen LogP contribution in [0.25, 0.3) is 0 Å². The third-order valence-electron chi connectivity index (χ3n) is 3.30. The molecule has 1 atom stereocenters. The van der Waals surface area contributed by atoms with Gasteiger partial charge in [0, 0.05) is 6.42 Å². The van der Waals surface area contributed by atoms with E-state index in [1.807, 2.05) is 30.3 Å². The van der Waals surface area contributed by atoms with E-state index < -0.39 is 17.8 Å². The molecule has 2 N–H and O–H groups in total. The topological polar surface area (TPSA) is 85.0 Å². The molecule has 0 aliphatic carbocycles. The highest BCUT2D eigenvalue weighted by molar-refractivity contribution is 6.06. The summed E-state index contributed by atoms with van der Waals surface area (Å²) in [6.07, 6.45) is 1.30. The lowest BCUT2D eigenvalue weighted by atomic mass is 10.1. The predicted octanol–water partition coefficient (Wildman–Crippen LogP) is 0.913. The minimum Gasteiger partial charge on any atom is -0.465 e. The van der Waals surface area contributed by atoms with Crippen LogP contribution in [0.3, 0.4) is 0 Å². The smallest absolute Gasteiger partial charge is 0.320 e. The molecule has 1 aromatic rings. The number of ether oxygens (including phenoxy) is 1. The third-order valence-corrected chi connectivity index (χ3v) is 3.30. The predicted molar refractivity (Wildman–Crippen MR) is 78.2 cm³/mol. The number of rotatable bonds is 5. The van der Waals surface area contributed by atoms with Crippen LogP contribution in [0.4, 0.5) is 0 Å². The Morgan fingerprint density at radius 2 is 2.10 bits per heavy atom. The minimum absolute atomic E-state index is 0.116. The van der Waals surface area contributed by atoms with Crippen LogP contribution in [-0.4, -0.2) is 35.9 Å². The normalized spacial score (nSPS) is 18.4. The molecule has 0 saturated carbocycles. The molecule has 1 amide bonds. The Labute approximate surface area is 123 Å². The molecular weight excluding hydrogens is 270 g/mol. The van der Waals surface area contributed by atoms with Gasteiger partial charge in [-0.2, -0.15) is 4.99 Å². The number of nitrogens with two attached hydrogens (primary N) is 1. The number of esters is 1. The van der Waals surface area contributed by atoms with Gasteiger partial charge < -0.3 is 4.74 Å². The lowest BCUT2D eigenvalue weighted by Gasteiger charge is -2.28. The molecule has 1 heterocycles. The van der Waals surface area contributed by atoms with Crippen molar-refractivity contribution in [3.63, 3.8) is 0 Å². The zero-order chi connectivity index (χ0) is 15.2. The van der Waals surface area contributed by atoms with Crippen molar-refractivity contribution in [3.8, 4) is 0 Å². The van der Waals surface area contributed by atoms with Crippen LogP contribution in [0.2, 0.25) is 0 Å². The van der Waals surface area contributed by atoms with Crippen molar-refractivity contribution in [1.82, 2.24) is 5.01 Å². The Hall–Kier alpha value is -2.21. The van der Waals surface area contributed by atoms with Crippen molar-refractivity contribution in [2.24, 2.45) is 16.8 Å². The van der Waals surface area contributed by atoms with E-state index >= 15 is 0 Å². The Kier molecular flexibility index (Phi) is 5.05. The summed E-state index contributed by atoms with van der Waals surface area (Å²) in [7, 11) is 0. The van der Waals surface area contributed by atoms with Crippen LogP contribution in [0.1, 0.15) is 18.9 Å². The van der Waals surface area contributed by atoms with Crippen molar-refractivity contribution >= 4 is 17.7 Å². The molecule has 0 aromatic heterocycles. The molecule has 1 aliphatic heterocycles. The average Bonchev–Trinajstić information content (AvgIpc) is 2.49. The van der Waals surface area contributed by atoms with E-state index in [2.05, 4.69) is 4.99 Å². The van der Waals surface area contributed by atoms with Gasteiger partial charge in [0.25, 0.3) is 5.91 Å². The fourth-order valence-electron chi connectivity index (χ4n) is 2.17. The van der Waals surface area contributed by atoms with Crippen LogP contribution in [0, 0.1) is 5.92 Å². The highest BCUT2D eigenvalue weighted by Gasteiger charge is 2.34. The zero-order valence-corrected chi connectivity index (χ0v) is 12.0. The van der Waals surface area contributed by atoms with Crippen LogP contribution in [0.5, 0.6) is 0 Å². The molecule has 1 unspecified atom stereocenters. The van der Waals surface area contributed by atoms with Crippen molar-refractivity contribution in [2.75, 3.05) is 13.2 Å². The number of amides is 1. The SMILES string of the molecule is CCOC(=O)C1CN(N)C(CCc2ccccc2)=NC1=O. The lowest BCUT2D eigenvalue weighted by molar-refractivity contribution is -0.152. The molecule has 1 aliphatic rings. The second kappa shape index (κ2) is 6.99. The van der Waals surface area contributed by atoms with E-state index in [1.165, 1.54) is 5.01 Å². The maximum absolute atomic E-state index is 11.9. The Morgan fingerprint density at radius 1 is 1.38 bits per heavy atom. The number of hydrogen-bond acceptors (Lipinski definition) is 5. The van der Waals surface area contributed by atoms with Gasteiger partial charge >= 0.3 is 5.97 Å². The van der Waals surface area contributed by atoms with Crippen molar-refractivity contribution in [2.45, 2.75) is 19.8 Å². The van der Waals surface area contributed by atoms with E-state index in [1.54, 1.807) is 6.92 Å². The summed E-state index contributed by atoms with van der Waals surface area (Å²) in [5.74, 6) is 4.42. The van der Waals surface area contributed by atoms with Gasteiger partial charge in [-0.05, 0) is 18.9 Å². The second-order valence-electron chi connectivity index (χ2n) is 4.81. The maximum Gasteiger partial charge on any atom is 0.320 e. The minimum atomic E-state index is -0.921. The highest BCUT2D eigenvalue weighted by atomic mass is 16.5. The van der Waals surface area contributed by atoms with Crippen molar-refractivity contribution < 1.29 is 14.3 Å². The van der Waals surface area contributed by atoms with Crippen LogP contribution < -0.4 is 5.84 Å². The lowest BCUT2D eigenvalue weighted by Crippen LogP contribution is -2.49. The molecule has 112 valence electrons. The van der Waals surface area contributed by atoms with E-state index in [4.69, 9.17) is 10.6 Å². The van der Waals surface area contributed by atoms with Gasteiger partial charge in [0.1, 0.15) is 5.84 Å². The number of amidine groups is 1. The summed E-state index contributed by atoms with van der Waals surface area (Å²) in [5, 5.41) is 1.37. The molecule has 0 spiro atoms. The van der Waals surface area contributed by atoms with Gasteiger partial charge in [0.05, 0.1) is 13.2 Å². The maximum atomic E-state index is 11.9. The van der Waals surface area contributed by atoms with Crippen LogP contribution >= 0.6 is 0 Å². The summed E-state index contributed by atoms with van der Waals surface area (Å²) < 4.78 is 4.85. The number of hydrazine groups is 1. The molecule has 0 fully saturated rings. The van der Waals surface area contributed by atoms with Gasteiger partial charge in [0.2, 0.25) is 0 Å². The molecule has 0 radical (unpaired) electrons. The van der Waals surface area contributed by atoms with Crippen LogP contribution in [0.15, 0.2) is 35.3 Å². The number of benzene rings is 1. The first-order chi connectivity index (χ1) is 10.1. The second-order valence-corrected chi connectivity index (χ2v) is 4.81. The third kappa shape index (κ3) is 3.88. The summed E-state index contributed by atoms with van der Waals surface area (Å²) in [5.41, 5.74) is 1.15. The van der Waals surface area contributed by atoms with E-state index in [0.29, 0.717) is 12.3 Å². The number of nitrogens with zero attached hydrogens (tertiary/aromatic N) is 2. The molecule has 21 heavy (non-hydrogen) atoms. The summed E-state index contributed by atoms with van der Waals surface area (Å²) in [4.78, 5) is 27.5. The zero-order valence-electron chi connectivity index (χ0n) is 12.0. The van der Waals surface area contributed by atoms with Gasteiger partial charge in [-0.1, -0.05) is 30.3 Å². The standard InChI is InChI=1S/C15H19N3O3/c1-2-21-15(20)12-10-18(16)13(17-14(12)19)9-8-11-6-4-3-5-7-11/h3-7,12H,2,8-10,16H2,1H3. The Balaban J connectivity index is 2.00. The fraction of sp³-hybridized carbons (Fsp3) is 0.400. The number of aryl methyl sites for hydroxylation is 1. The van der Waals surface area contributed by atoms with E-state index in [0.717, 1.165) is 12.0 Å². The van der Waals surface area contributed by atoms with Crippen molar-refractivity contribution in [1.29, 1.82) is 0 Å². The Bertz CT molecular complexity index is 542. The summed E-state index contributed by atoms with van der Waals surface area (Å²) in [6.45, 7) is 2.04. The fourth-order valence-corrected chi connectivity index (χ4v) is 2.17. The first-order valence-electron chi connectivity index (χ1n) is 6.96. The number of hydrogen-bond donors (Lipinski definition) is 1. The average molecular weight is 289 g/mol. The molecule has 6 nitrogen and oxygen atoms in total. The number of aliphatic imine (C=N–C) groups is 1. The molecule has 2 rings (SSSR count). The largest absolute Gasteiger partial charge is 0.465 e. The Morgan fingerprint density at radius 3 is 2.76 bits per heavy atom. The highest BCUT2D eigenvalue weighted by Crippen LogP contribution is 2.14. The van der Waals surface area contributed by atoms with Crippen LogP contribution in [-0.2, 0) is 20.7 Å².